The van der Waals surface area contributed by atoms with Crippen LogP contribution in [0.2, 0.25) is 0 Å². The third-order valence-electron chi connectivity index (χ3n) is 5.24. The maximum absolute atomic E-state index is 10.1. The minimum atomic E-state index is -0.163. The average molecular weight is 420 g/mol. The molecule has 6 nitrogen and oxygen atoms in total. The molecule has 0 saturated carbocycles. The van der Waals surface area contributed by atoms with Crippen molar-refractivity contribution in [2.45, 2.75) is 6.61 Å². The van der Waals surface area contributed by atoms with Crippen molar-refractivity contribution in [2.75, 3.05) is 28.4 Å². The van der Waals surface area contributed by atoms with Crippen LogP contribution in [0.15, 0.2) is 59.0 Å². The molecule has 0 amide bonds. The molecule has 6 heteroatoms. The van der Waals surface area contributed by atoms with Crippen LogP contribution in [0.5, 0.6) is 23.0 Å². The fraction of sp³-hybridized carbons (Fsp3) is 0.200. The van der Waals surface area contributed by atoms with E-state index in [1.54, 1.807) is 28.4 Å². The number of ether oxygens (including phenoxy) is 4. The quantitative estimate of drug-likeness (QED) is 0.438. The second-order valence-electron chi connectivity index (χ2n) is 6.95. The van der Waals surface area contributed by atoms with Crippen molar-refractivity contribution < 1.29 is 28.5 Å². The SMILES string of the molecule is COc1ccc(-c2oc3cc(OC)cc(CO)c3c2-c2cc(OC)cc(OC)c2)cc1. The van der Waals surface area contributed by atoms with Crippen LogP contribution in [0.4, 0.5) is 0 Å². The van der Waals surface area contributed by atoms with Gasteiger partial charge in [-0.1, -0.05) is 0 Å². The molecular formula is C25H24O6. The van der Waals surface area contributed by atoms with Gasteiger partial charge >= 0.3 is 0 Å². The molecular weight excluding hydrogens is 396 g/mol. The molecule has 160 valence electrons. The topological polar surface area (TPSA) is 70.3 Å². The van der Waals surface area contributed by atoms with Crippen molar-refractivity contribution in [1.82, 2.24) is 0 Å². The molecule has 1 N–H and O–H groups in total. The van der Waals surface area contributed by atoms with Crippen molar-refractivity contribution in [3.8, 4) is 45.4 Å². The Kier molecular flexibility index (Phi) is 5.73. The van der Waals surface area contributed by atoms with Crippen molar-refractivity contribution in [3.05, 3.63) is 60.2 Å². The van der Waals surface area contributed by atoms with Gasteiger partial charge in [0.15, 0.2) is 0 Å². The lowest BCUT2D eigenvalue weighted by molar-refractivity contribution is 0.282. The van der Waals surface area contributed by atoms with Gasteiger partial charge in [-0.05, 0) is 53.6 Å². The molecule has 3 aromatic carbocycles. The van der Waals surface area contributed by atoms with Crippen LogP contribution in [0, 0.1) is 0 Å². The first-order valence-electron chi connectivity index (χ1n) is 9.74. The second kappa shape index (κ2) is 8.62. The molecule has 0 aliphatic carbocycles. The molecule has 0 aliphatic heterocycles. The Morgan fingerprint density at radius 1 is 0.677 bits per heavy atom. The molecule has 0 spiro atoms. The molecule has 4 aromatic rings. The van der Waals surface area contributed by atoms with Gasteiger partial charge in [0, 0.05) is 28.6 Å². The first-order chi connectivity index (χ1) is 15.1. The Bertz CT molecular complexity index is 1180. The highest BCUT2D eigenvalue weighted by molar-refractivity contribution is 6.04. The summed E-state index contributed by atoms with van der Waals surface area (Å²) >= 11 is 0. The van der Waals surface area contributed by atoms with Crippen LogP contribution < -0.4 is 18.9 Å². The van der Waals surface area contributed by atoms with Crippen LogP contribution in [0.3, 0.4) is 0 Å². The number of aliphatic hydroxyl groups is 1. The highest BCUT2D eigenvalue weighted by atomic mass is 16.5. The summed E-state index contributed by atoms with van der Waals surface area (Å²) in [5.41, 5.74) is 3.88. The summed E-state index contributed by atoms with van der Waals surface area (Å²) < 4.78 is 28.0. The minimum Gasteiger partial charge on any atom is -0.497 e. The zero-order valence-corrected chi connectivity index (χ0v) is 17.9. The van der Waals surface area contributed by atoms with Crippen LogP contribution in [-0.2, 0) is 6.61 Å². The smallest absolute Gasteiger partial charge is 0.143 e. The minimum absolute atomic E-state index is 0.163. The Morgan fingerprint density at radius 2 is 1.26 bits per heavy atom. The lowest BCUT2D eigenvalue weighted by Gasteiger charge is -2.11. The van der Waals surface area contributed by atoms with Gasteiger partial charge in [0.2, 0.25) is 0 Å². The summed E-state index contributed by atoms with van der Waals surface area (Å²) in [6.07, 6.45) is 0. The van der Waals surface area contributed by atoms with Crippen LogP contribution in [0.1, 0.15) is 5.56 Å². The average Bonchev–Trinajstić information content (AvgIpc) is 3.22. The molecule has 0 bridgehead atoms. The summed E-state index contributed by atoms with van der Waals surface area (Å²) in [6.45, 7) is -0.163. The maximum Gasteiger partial charge on any atom is 0.143 e. The Labute approximate surface area is 180 Å². The third-order valence-corrected chi connectivity index (χ3v) is 5.24. The van der Waals surface area contributed by atoms with Crippen molar-refractivity contribution in [2.24, 2.45) is 0 Å². The monoisotopic (exact) mass is 420 g/mol. The fourth-order valence-corrected chi connectivity index (χ4v) is 3.70. The second-order valence-corrected chi connectivity index (χ2v) is 6.95. The molecule has 0 fully saturated rings. The van der Waals surface area contributed by atoms with E-state index in [2.05, 4.69) is 0 Å². The largest absolute Gasteiger partial charge is 0.497 e. The standard InChI is InChI=1S/C25H24O6/c1-27-18-7-5-15(6-8-18)25-24(16-9-19(28-2)12-20(10-16)29-3)23-17(14-26)11-21(30-4)13-22(23)31-25/h5-13,26H,14H2,1-4H3. The molecule has 31 heavy (non-hydrogen) atoms. The van der Waals surface area contributed by atoms with E-state index in [-0.39, 0.29) is 6.61 Å². The fourth-order valence-electron chi connectivity index (χ4n) is 3.70. The number of fused-ring (bicyclic) bond motifs is 1. The lowest BCUT2D eigenvalue weighted by atomic mass is 9.95. The van der Waals surface area contributed by atoms with Gasteiger partial charge in [0.1, 0.15) is 34.3 Å². The van der Waals surface area contributed by atoms with Gasteiger partial charge in [-0.2, -0.15) is 0 Å². The van der Waals surface area contributed by atoms with Crippen LogP contribution in [-0.4, -0.2) is 33.5 Å². The first-order valence-corrected chi connectivity index (χ1v) is 9.74. The van der Waals surface area contributed by atoms with Crippen LogP contribution >= 0.6 is 0 Å². The van der Waals surface area contributed by atoms with Crippen molar-refractivity contribution in [3.63, 3.8) is 0 Å². The third kappa shape index (κ3) is 3.78. The molecule has 0 radical (unpaired) electrons. The van der Waals surface area contributed by atoms with Gasteiger partial charge in [0.25, 0.3) is 0 Å². The zero-order valence-electron chi connectivity index (χ0n) is 17.9. The van der Waals surface area contributed by atoms with E-state index in [4.69, 9.17) is 23.4 Å². The van der Waals surface area contributed by atoms with Crippen LogP contribution in [0.25, 0.3) is 33.4 Å². The predicted molar refractivity (Wildman–Crippen MR) is 119 cm³/mol. The number of furan rings is 1. The van der Waals surface area contributed by atoms with E-state index in [1.165, 1.54) is 0 Å². The van der Waals surface area contributed by atoms with Gasteiger partial charge in [-0.25, -0.2) is 0 Å². The first kappa shape index (κ1) is 20.6. The number of benzene rings is 3. The Hall–Kier alpha value is -3.64. The molecule has 1 heterocycles. The number of hydrogen-bond acceptors (Lipinski definition) is 6. The normalized spacial score (nSPS) is 10.9. The highest BCUT2D eigenvalue weighted by Gasteiger charge is 2.22. The summed E-state index contributed by atoms with van der Waals surface area (Å²) in [7, 11) is 6.44. The highest BCUT2D eigenvalue weighted by Crippen LogP contribution is 2.45. The van der Waals surface area contributed by atoms with E-state index >= 15 is 0 Å². The van der Waals surface area contributed by atoms with E-state index in [9.17, 15) is 5.11 Å². The lowest BCUT2D eigenvalue weighted by Crippen LogP contribution is -1.92. The number of methoxy groups -OCH3 is 4. The van der Waals surface area contributed by atoms with Gasteiger partial charge < -0.3 is 28.5 Å². The number of hydrogen-bond donors (Lipinski definition) is 1. The van der Waals surface area contributed by atoms with Crippen molar-refractivity contribution in [1.29, 1.82) is 0 Å². The van der Waals surface area contributed by atoms with Gasteiger partial charge in [-0.3, -0.25) is 0 Å². The summed E-state index contributed by atoms with van der Waals surface area (Å²) in [6, 6.07) is 16.9. The zero-order chi connectivity index (χ0) is 22.0. The van der Waals surface area contributed by atoms with Gasteiger partial charge in [-0.15, -0.1) is 0 Å². The van der Waals surface area contributed by atoms with Gasteiger partial charge in [0.05, 0.1) is 35.0 Å². The summed E-state index contributed by atoms with van der Waals surface area (Å²) in [5, 5.41) is 10.9. The van der Waals surface area contributed by atoms with E-state index in [0.29, 0.717) is 34.2 Å². The number of rotatable bonds is 7. The Balaban J connectivity index is 2.07. The molecule has 4 rings (SSSR count). The van der Waals surface area contributed by atoms with E-state index < -0.39 is 0 Å². The van der Waals surface area contributed by atoms with Crippen molar-refractivity contribution >= 4 is 11.0 Å². The van der Waals surface area contributed by atoms with E-state index in [1.807, 2.05) is 54.6 Å². The van der Waals surface area contributed by atoms with E-state index in [0.717, 1.165) is 27.8 Å². The predicted octanol–water partition coefficient (Wildman–Crippen LogP) is 5.29. The number of aliphatic hydroxyl groups excluding tert-OH is 1. The molecule has 0 aliphatic rings. The molecule has 0 atom stereocenters. The molecule has 0 saturated heterocycles. The maximum atomic E-state index is 10.1. The molecule has 0 unspecified atom stereocenters. The molecule has 1 aromatic heterocycles. The summed E-state index contributed by atoms with van der Waals surface area (Å²) in [5.74, 6) is 3.34. The summed E-state index contributed by atoms with van der Waals surface area (Å²) in [4.78, 5) is 0. The Morgan fingerprint density at radius 3 is 1.81 bits per heavy atom.